The first-order valence-electron chi connectivity index (χ1n) is 6.41. The molecule has 1 aromatic rings. The van der Waals surface area contributed by atoms with Gasteiger partial charge in [0.05, 0.1) is 7.11 Å². The number of hydrogen-bond acceptors (Lipinski definition) is 3. The molecule has 1 aromatic carbocycles. The number of benzene rings is 1. The number of rotatable bonds is 7. The zero-order valence-electron chi connectivity index (χ0n) is 10.5. The van der Waals surface area contributed by atoms with Crippen molar-refractivity contribution in [3.8, 4) is 5.75 Å². The van der Waals surface area contributed by atoms with Gasteiger partial charge in [0.2, 0.25) is 0 Å². The zero-order chi connectivity index (χ0) is 12.1. The van der Waals surface area contributed by atoms with Crippen LogP contribution in [-0.4, -0.2) is 20.2 Å². The third kappa shape index (κ3) is 3.72. The van der Waals surface area contributed by atoms with Gasteiger partial charge in [0.25, 0.3) is 0 Å². The standard InChI is InChI=1S/C14H22N2O/c1-17-13-6-4-12(5-7-13)14(10-15)16-9-8-11-2-3-11/h4-7,11,14,16H,2-3,8-10,15H2,1H3. The maximum atomic E-state index is 5.81. The monoisotopic (exact) mass is 234 g/mol. The van der Waals surface area contributed by atoms with Gasteiger partial charge in [-0.1, -0.05) is 25.0 Å². The van der Waals surface area contributed by atoms with Crippen LogP contribution in [0, 0.1) is 5.92 Å². The van der Waals surface area contributed by atoms with Crippen LogP contribution in [0.15, 0.2) is 24.3 Å². The van der Waals surface area contributed by atoms with Gasteiger partial charge in [0.1, 0.15) is 5.75 Å². The van der Waals surface area contributed by atoms with Crippen molar-refractivity contribution in [3.63, 3.8) is 0 Å². The van der Waals surface area contributed by atoms with E-state index in [1.54, 1.807) is 7.11 Å². The predicted octanol–water partition coefficient (Wildman–Crippen LogP) is 2.08. The molecule has 1 unspecified atom stereocenters. The summed E-state index contributed by atoms with van der Waals surface area (Å²) >= 11 is 0. The van der Waals surface area contributed by atoms with Gasteiger partial charge >= 0.3 is 0 Å². The zero-order valence-corrected chi connectivity index (χ0v) is 10.5. The van der Waals surface area contributed by atoms with Crippen LogP contribution in [0.25, 0.3) is 0 Å². The smallest absolute Gasteiger partial charge is 0.118 e. The van der Waals surface area contributed by atoms with Crippen molar-refractivity contribution in [1.29, 1.82) is 0 Å². The fourth-order valence-corrected chi connectivity index (χ4v) is 2.04. The van der Waals surface area contributed by atoms with Gasteiger partial charge in [-0.05, 0) is 36.6 Å². The van der Waals surface area contributed by atoms with Gasteiger partial charge in [0, 0.05) is 12.6 Å². The molecule has 0 bridgehead atoms. The summed E-state index contributed by atoms with van der Waals surface area (Å²) in [5.41, 5.74) is 7.05. The average molecular weight is 234 g/mol. The molecule has 0 amide bonds. The van der Waals surface area contributed by atoms with Crippen LogP contribution >= 0.6 is 0 Å². The highest BCUT2D eigenvalue weighted by Crippen LogP contribution is 2.31. The van der Waals surface area contributed by atoms with Crippen LogP contribution < -0.4 is 15.8 Å². The third-order valence-corrected chi connectivity index (χ3v) is 3.39. The molecule has 0 saturated heterocycles. The highest BCUT2D eigenvalue weighted by molar-refractivity contribution is 5.29. The lowest BCUT2D eigenvalue weighted by Gasteiger charge is -2.17. The number of nitrogens with two attached hydrogens (primary N) is 1. The Bertz CT molecular complexity index is 333. The van der Waals surface area contributed by atoms with E-state index in [4.69, 9.17) is 10.5 Å². The molecule has 1 saturated carbocycles. The summed E-state index contributed by atoms with van der Waals surface area (Å²) in [6.45, 7) is 1.70. The van der Waals surface area contributed by atoms with Crippen LogP contribution in [0.3, 0.4) is 0 Å². The normalized spacial score (nSPS) is 16.8. The minimum Gasteiger partial charge on any atom is -0.497 e. The molecule has 1 atom stereocenters. The maximum Gasteiger partial charge on any atom is 0.118 e. The van der Waals surface area contributed by atoms with Crippen LogP contribution in [0.4, 0.5) is 0 Å². The number of nitrogens with one attached hydrogen (secondary N) is 1. The summed E-state index contributed by atoms with van der Waals surface area (Å²) in [5.74, 6) is 1.86. The van der Waals surface area contributed by atoms with Crippen molar-refractivity contribution in [2.75, 3.05) is 20.2 Å². The molecule has 1 aliphatic rings. The van der Waals surface area contributed by atoms with E-state index in [-0.39, 0.29) is 6.04 Å². The van der Waals surface area contributed by atoms with Crippen LogP contribution in [0.1, 0.15) is 30.9 Å². The molecule has 0 radical (unpaired) electrons. The van der Waals surface area contributed by atoms with Crippen LogP contribution in [0.5, 0.6) is 5.75 Å². The lowest BCUT2D eigenvalue weighted by Crippen LogP contribution is -2.29. The Morgan fingerprint density at radius 1 is 1.35 bits per heavy atom. The Balaban J connectivity index is 1.85. The second-order valence-electron chi connectivity index (χ2n) is 4.75. The molecular formula is C14H22N2O. The molecule has 94 valence electrons. The minimum atomic E-state index is 0.264. The van der Waals surface area contributed by atoms with Crippen molar-refractivity contribution in [2.45, 2.75) is 25.3 Å². The lowest BCUT2D eigenvalue weighted by atomic mass is 10.1. The quantitative estimate of drug-likeness (QED) is 0.759. The predicted molar refractivity (Wildman–Crippen MR) is 70.1 cm³/mol. The summed E-state index contributed by atoms with van der Waals surface area (Å²) < 4.78 is 5.15. The Hall–Kier alpha value is -1.06. The summed E-state index contributed by atoms with van der Waals surface area (Å²) in [6, 6.07) is 8.40. The topological polar surface area (TPSA) is 47.3 Å². The van der Waals surface area contributed by atoms with Crippen molar-refractivity contribution in [3.05, 3.63) is 29.8 Å². The van der Waals surface area contributed by atoms with Gasteiger partial charge in [-0.25, -0.2) is 0 Å². The molecular weight excluding hydrogens is 212 g/mol. The first-order chi connectivity index (χ1) is 8.33. The minimum absolute atomic E-state index is 0.264. The summed E-state index contributed by atoms with van der Waals surface area (Å²) in [6.07, 6.45) is 4.11. The molecule has 3 heteroatoms. The van der Waals surface area contributed by atoms with Gasteiger partial charge in [-0.2, -0.15) is 0 Å². The Morgan fingerprint density at radius 2 is 2.06 bits per heavy atom. The molecule has 17 heavy (non-hydrogen) atoms. The van der Waals surface area contributed by atoms with Crippen molar-refractivity contribution < 1.29 is 4.74 Å². The summed E-state index contributed by atoms with van der Waals surface area (Å²) in [5, 5.41) is 3.53. The molecule has 0 aliphatic heterocycles. The Morgan fingerprint density at radius 3 is 2.59 bits per heavy atom. The first-order valence-corrected chi connectivity index (χ1v) is 6.41. The van der Waals surface area contributed by atoms with E-state index < -0.39 is 0 Å². The Labute approximate surface area is 103 Å². The first kappa shape index (κ1) is 12.4. The van der Waals surface area contributed by atoms with Crippen LogP contribution in [0.2, 0.25) is 0 Å². The van der Waals surface area contributed by atoms with Crippen molar-refractivity contribution in [1.82, 2.24) is 5.32 Å². The van der Waals surface area contributed by atoms with E-state index >= 15 is 0 Å². The van der Waals surface area contributed by atoms with Gasteiger partial charge in [-0.15, -0.1) is 0 Å². The summed E-state index contributed by atoms with van der Waals surface area (Å²) in [7, 11) is 1.68. The highest BCUT2D eigenvalue weighted by atomic mass is 16.5. The molecule has 2 rings (SSSR count). The molecule has 0 spiro atoms. The van der Waals surface area contributed by atoms with Gasteiger partial charge in [0.15, 0.2) is 0 Å². The van der Waals surface area contributed by atoms with Gasteiger partial charge < -0.3 is 15.8 Å². The van der Waals surface area contributed by atoms with Crippen LogP contribution in [-0.2, 0) is 0 Å². The largest absolute Gasteiger partial charge is 0.497 e. The van der Waals surface area contributed by atoms with E-state index in [2.05, 4.69) is 17.4 Å². The number of hydrogen-bond donors (Lipinski definition) is 2. The molecule has 3 N–H and O–H groups in total. The lowest BCUT2D eigenvalue weighted by molar-refractivity contribution is 0.414. The Kier molecular flexibility index (Phi) is 4.40. The second-order valence-corrected chi connectivity index (χ2v) is 4.75. The number of ether oxygens (including phenoxy) is 1. The molecule has 0 heterocycles. The van der Waals surface area contributed by atoms with E-state index in [0.717, 1.165) is 18.2 Å². The molecule has 3 nitrogen and oxygen atoms in total. The average Bonchev–Trinajstić information content (AvgIpc) is 3.19. The van der Waals surface area contributed by atoms with E-state index in [1.165, 1.54) is 24.8 Å². The highest BCUT2D eigenvalue weighted by Gasteiger charge is 2.20. The fraction of sp³-hybridized carbons (Fsp3) is 0.571. The molecule has 0 aromatic heterocycles. The van der Waals surface area contributed by atoms with E-state index in [9.17, 15) is 0 Å². The SMILES string of the molecule is COc1ccc(C(CN)NCCC2CC2)cc1. The van der Waals surface area contributed by atoms with E-state index in [0.29, 0.717) is 6.54 Å². The van der Waals surface area contributed by atoms with E-state index in [1.807, 2.05) is 12.1 Å². The maximum absolute atomic E-state index is 5.81. The summed E-state index contributed by atoms with van der Waals surface area (Å²) in [4.78, 5) is 0. The number of methoxy groups -OCH3 is 1. The van der Waals surface area contributed by atoms with Gasteiger partial charge in [-0.3, -0.25) is 0 Å². The second kappa shape index (κ2) is 6.03. The fourth-order valence-electron chi connectivity index (χ4n) is 2.04. The molecule has 1 aliphatic carbocycles. The van der Waals surface area contributed by atoms with Crippen molar-refractivity contribution in [2.24, 2.45) is 11.7 Å². The van der Waals surface area contributed by atoms with Crippen molar-refractivity contribution >= 4 is 0 Å². The molecule has 1 fully saturated rings. The third-order valence-electron chi connectivity index (χ3n) is 3.39.